The maximum atomic E-state index is 13.4. The Kier molecular flexibility index (Phi) is 5.39. The van der Waals surface area contributed by atoms with Gasteiger partial charge in [-0.15, -0.1) is 0 Å². The highest BCUT2D eigenvalue weighted by Crippen LogP contribution is 2.33. The van der Waals surface area contributed by atoms with Crippen molar-refractivity contribution in [2.24, 2.45) is 18.0 Å². The number of aryl methyl sites for hydroxylation is 1. The molecule has 4 heterocycles. The van der Waals surface area contributed by atoms with E-state index in [0.717, 1.165) is 65.9 Å². The maximum Gasteiger partial charge on any atom is 0.255 e. The Hall–Kier alpha value is -3.25. The number of allylic oxidation sites excluding steroid dienone is 4. The Balaban J connectivity index is 1.47. The number of fused-ring (bicyclic) bond motifs is 2. The lowest BCUT2D eigenvalue weighted by Gasteiger charge is -2.29. The van der Waals surface area contributed by atoms with Crippen molar-refractivity contribution in [2.45, 2.75) is 26.7 Å². The standard InChI is InChI=1S/C26H29N5O/c1-4-30-11-9-19(10-12-30)24-17-31-22(16-27-24)7-5-18(2)23(14-26(31)32)20-6-8-25-21(13-20)15-28-29(25)3/h6-9,13-18H,4-5,10-12H2,1-3H3. The molecule has 0 saturated heterocycles. The van der Waals surface area contributed by atoms with Gasteiger partial charge in [-0.2, -0.15) is 5.10 Å². The van der Waals surface area contributed by atoms with Gasteiger partial charge in [-0.05, 0) is 54.1 Å². The number of benzene rings is 1. The van der Waals surface area contributed by atoms with Gasteiger partial charge in [-0.25, -0.2) is 0 Å². The number of hydrogen-bond donors (Lipinski definition) is 0. The van der Waals surface area contributed by atoms with E-state index in [4.69, 9.17) is 4.99 Å². The molecule has 5 rings (SSSR count). The Morgan fingerprint density at radius 1 is 1.22 bits per heavy atom. The minimum Gasteiger partial charge on any atom is -0.300 e. The molecule has 1 unspecified atom stereocenters. The molecule has 0 radical (unpaired) electrons. The highest BCUT2D eigenvalue weighted by molar-refractivity contribution is 6.02. The van der Waals surface area contributed by atoms with Crippen LogP contribution in [0, 0.1) is 5.92 Å². The van der Waals surface area contributed by atoms with Gasteiger partial charge in [0.2, 0.25) is 0 Å². The number of nitrogens with zero attached hydrogens (tertiary/aromatic N) is 5. The molecule has 0 fully saturated rings. The molecule has 1 aromatic carbocycles. The molecule has 0 aliphatic carbocycles. The fraction of sp³-hybridized carbons (Fsp3) is 0.346. The fourth-order valence-electron chi connectivity index (χ4n) is 4.65. The van der Waals surface area contributed by atoms with Crippen LogP contribution in [0.2, 0.25) is 0 Å². The van der Waals surface area contributed by atoms with E-state index in [1.165, 1.54) is 5.57 Å². The quantitative estimate of drug-likeness (QED) is 0.734. The van der Waals surface area contributed by atoms with Crippen LogP contribution in [0.3, 0.4) is 0 Å². The van der Waals surface area contributed by atoms with Crippen LogP contribution in [0.1, 0.15) is 32.3 Å². The summed E-state index contributed by atoms with van der Waals surface area (Å²) in [6, 6.07) is 6.31. The number of likely N-dealkylation sites (N-methyl/N-ethyl adjacent to an activating group) is 1. The molecule has 164 valence electrons. The van der Waals surface area contributed by atoms with Gasteiger partial charge in [-0.3, -0.25) is 24.3 Å². The van der Waals surface area contributed by atoms with Crippen molar-refractivity contribution in [2.75, 3.05) is 19.6 Å². The van der Waals surface area contributed by atoms with E-state index in [9.17, 15) is 4.79 Å². The Bertz CT molecular complexity index is 1230. The van der Waals surface area contributed by atoms with E-state index >= 15 is 0 Å². The minimum atomic E-state index is -0.0284. The summed E-state index contributed by atoms with van der Waals surface area (Å²) in [5.74, 6) is 0.196. The van der Waals surface area contributed by atoms with E-state index in [1.54, 1.807) is 11.0 Å². The van der Waals surface area contributed by atoms with Crippen molar-refractivity contribution in [3.63, 3.8) is 0 Å². The first-order valence-electron chi connectivity index (χ1n) is 11.4. The first-order chi connectivity index (χ1) is 15.5. The maximum absolute atomic E-state index is 13.4. The van der Waals surface area contributed by atoms with Crippen molar-refractivity contribution in [3.8, 4) is 0 Å². The average Bonchev–Trinajstić information content (AvgIpc) is 3.20. The molecule has 0 spiro atoms. The smallest absolute Gasteiger partial charge is 0.255 e. The Morgan fingerprint density at radius 3 is 2.88 bits per heavy atom. The van der Waals surface area contributed by atoms with Gasteiger partial charge in [0.1, 0.15) is 0 Å². The largest absolute Gasteiger partial charge is 0.300 e. The van der Waals surface area contributed by atoms with E-state index in [1.807, 2.05) is 30.3 Å². The molecule has 3 aliphatic heterocycles. The van der Waals surface area contributed by atoms with Gasteiger partial charge in [0.15, 0.2) is 0 Å². The summed E-state index contributed by atoms with van der Waals surface area (Å²) >= 11 is 0. The van der Waals surface area contributed by atoms with Crippen molar-refractivity contribution < 1.29 is 4.79 Å². The van der Waals surface area contributed by atoms with Crippen LogP contribution in [0.25, 0.3) is 16.5 Å². The highest BCUT2D eigenvalue weighted by Gasteiger charge is 2.25. The molecule has 2 aromatic rings. The zero-order chi connectivity index (χ0) is 22.2. The lowest BCUT2D eigenvalue weighted by molar-refractivity contribution is -0.121. The molecule has 6 nitrogen and oxygen atoms in total. The topological polar surface area (TPSA) is 53.7 Å². The van der Waals surface area contributed by atoms with Crippen LogP contribution in [0.4, 0.5) is 0 Å². The molecule has 1 atom stereocenters. The van der Waals surface area contributed by atoms with Crippen molar-refractivity contribution >= 4 is 28.6 Å². The summed E-state index contributed by atoms with van der Waals surface area (Å²) < 4.78 is 1.87. The second-order valence-corrected chi connectivity index (χ2v) is 8.76. The van der Waals surface area contributed by atoms with Crippen LogP contribution < -0.4 is 0 Å². The SMILES string of the molecule is CCN1CC=C(C2=CN3C(=O)C=C(c4ccc5c(cnn5C)c4)C(C)CC=C3C=N2)CC1. The van der Waals surface area contributed by atoms with Crippen molar-refractivity contribution in [1.82, 2.24) is 19.6 Å². The number of hydrogen-bond acceptors (Lipinski definition) is 4. The molecular weight excluding hydrogens is 398 g/mol. The lowest BCUT2D eigenvalue weighted by Crippen LogP contribution is -2.31. The van der Waals surface area contributed by atoms with Crippen LogP contribution in [-0.4, -0.2) is 51.3 Å². The van der Waals surface area contributed by atoms with E-state index in [2.05, 4.69) is 54.2 Å². The third-order valence-electron chi connectivity index (χ3n) is 6.74. The van der Waals surface area contributed by atoms with Crippen LogP contribution in [0.15, 0.2) is 70.8 Å². The molecule has 0 bridgehead atoms. The zero-order valence-corrected chi connectivity index (χ0v) is 19.0. The monoisotopic (exact) mass is 427 g/mol. The van der Waals surface area contributed by atoms with Crippen molar-refractivity contribution in [1.29, 1.82) is 0 Å². The molecule has 3 aliphatic rings. The number of carbonyl (C=O) groups is 1. The Morgan fingerprint density at radius 2 is 2.09 bits per heavy atom. The molecule has 32 heavy (non-hydrogen) atoms. The predicted molar refractivity (Wildman–Crippen MR) is 129 cm³/mol. The summed E-state index contributed by atoms with van der Waals surface area (Å²) in [6.45, 7) is 7.38. The van der Waals surface area contributed by atoms with E-state index in [0.29, 0.717) is 0 Å². The number of aliphatic imine (C=N–C) groups is 1. The average molecular weight is 428 g/mol. The van der Waals surface area contributed by atoms with Crippen LogP contribution in [0.5, 0.6) is 0 Å². The molecule has 1 amide bonds. The van der Waals surface area contributed by atoms with Crippen LogP contribution in [-0.2, 0) is 11.8 Å². The van der Waals surface area contributed by atoms with Crippen LogP contribution >= 0.6 is 0 Å². The normalized spacial score (nSPS) is 22.0. The van der Waals surface area contributed by atoms with E-state index < -0.39 is 0 Å². The molecule has 1 aromatic heterocycles. The van der Waals surface area contributed by atoms with Crippen molar-refractivity contribution in [3.05, 3.63) is 71.4 Å². The van der Waals surface area contributed by atoms with E-state index in [-0.39, 0.29) is 11.8 Å². The summed E-state index contributed by atoms with van der Waals surface area (Å²) in [7, 11) is 1.94. The third-order valence-corrected chi connectivity index (χ3v) is 6.74. The van der Waals surface area contributed by atoms with Gasteiger partial charge in [-0.1, -0.05) is 32.1 Å². The van der Waals surface area contributed by atoms with Gasteiger partial charge in [0, 0.05) is 37.8 Å². The number of aromatic nitrogens is 2. The summed E-state index contributed by atoms with van der Waals surface area (Å²) in [5, 5.41) is 5.43. The van der Waals surface area contributed by atoms with Gasteiger partial charge < -0.3 is 0 Å². The van der Waals surface area contributed by atoms with Gasteiger partial charge >= 0.3 is 0 Å². The van der Waals surface area contributed by atoms with Gasteiger partial charge in [0.05, 0.1) is 29.3 Å². The second-order valence-electron chi connectivity index (χ2n) is 8.76. The molecule has 0 saturated carbocycles. The molecule has 6 heteroatoms. The Labute approximate surface area is 188 Å². The zero-order valence-electron chi connectivity index (χ0n) is 19.0. The first kappa shape index (κ1) is 20.6. The molecular formula is C26H29N5O. The number of amides is 1. The number of rotatable bonds is 3. The summed E-state index contributed by atoms with van der Waals surface area (Å²) in [6.07, 6.45) is 13.6. The second kappa shape index (κ2) is 8.36. The minimum absolute atomic E-state index is 0.0284. The first-order valence-corrected chi connectivity index (χ1v) is 11.4. The summed E-state index contributed by atoms with van der Waals surface area (Å²) in [5.41, 5.74) is 6.20. The third kappa shape index (κ3) is 3.75. The number of carbonyl (C=O) groups excluding carboxylic acids is 1. The van der Waals surface area contributed by atoms with Gasteiger partial charge in [0.25, 0.3) is 5.91 Å². The predicted octanol–water partition coefficient (Wildman–Crippen LogP) is 4.29. The lowest BCUT2D eigenvalue weighted by atomic mass is 9.89. The summed E-state index contributed by atoms with van der Waals surface area (Å²) in [4.78, 5) is 22.2. The molecule has 0 N–H and O–H groups in total. The fourth-order valence-corrected chi connectivity index (χ4v) is 4.65. The highest BCUT2D eigenvalue weighted by atomic mass is 16.2.